The van der Waals surface area contributed by atoms with E-state index in [1.807, 2.05) is 6.07 Å². The minimum atomic E-state index is -1.01. The van der Waals surface area contributed by atoms with E-state index >= 15 is 0 Å². The van der Waals surface area contributed by atoms with E-state index in [1.165, 1.54) is 16.7 Å². The van der Waals surface area contributed by atoms with Gasteiger partial charge in [-0.1, -0.05) is 46.3 Å². The van der Waals surface area contributed by atoms with E-state index in [2.05, 4.69) is 15.9 Å². The maximum absolute atomic E-state index is 12.2. The summed E-state index contributed by atoms with van der Waals surface area (Å²) in [5.74, 6) is -0.759. The lowest BCUT2D eigenvalue weighted by atomic mass is 10.1. The van der Waals surface area contributed by atoms with Crippen molar-refractivity contribution in [3.8, 4) is 0 Å². The lowest BCUT2D eigenvalue weighted by Gasteiger charge is -2.21. The Kier molecular flexibility index (Phi) is 5.41. The van der Waals surface area contributed by atoms with Crippen LogP contribution in [0.1, 0.15) is 16.8 Å². The third-order valence-corrected chi connectivity index (χ3v) is 4.94. The first-order valence-electron chi connectivity index (χ1n) is 6.34. The SMILES string of the molecule is O=C(c1ccccc1)C(Br)CC(=O)N1CSC[C@H]1C(=O)O. The average molecular weight is 372 g/mol. The number of benzene rings is 1. The van der Waals surface area contributed by atoms with Gasteiger partial charge in [0.1, 0.15) is 6.04 Å². The van der Waals surface area contributed by atoms with Crippen molar-refractivity contribution < 1.29 is 19.5 Å². The number of halogens is 1. The molecule has 1 aliphatic heterocycles. The van der Waals surface area contributed by atoms with Gasteiger partial charge in [-0.05, 0) is 0 Å². The van der Waals surface area contributed by atoms with Crippen molar-refractivity contribution in [2.75, 3.05) is 11.6 Å². The van der Waals surface area contributed by atoms with Crippen LogP contribution in [-0.4, -0.2) is 50.2 Å². The van der Waals surface area contributed by atoms with Crippen LogP contribution in [0.25, 0.3) is 0 Å². The maximum Gasteiger partial charge on any atom is 0.327 e. The summed E-state index contributed by atoms with van der Waals surface area (Å²) in [5, 5.41) is 9.07. The molecule has 0 spiro atoms. The molecule has 1 aliphatic rings. The molecule has 1 heterocycles. The highest BCUT2D eigenvalue weighted by Gasteiger charge is 2.35. The number of carboxylic acid groups (broad SMARTS) is 1. The van der Waals surface area contributed by atoms with Crippen molar-refractivity contribution >= 4 is 45.4 Å². The predicted molar refractivity (Wildman–Crippen MR) is 83.7 cm³/mol. The standard InChI is InChI=1S/C14H14BrNO4S/c15-10(13(18)9-4-2-1-3-5-9)6-12(17)16-8-21-7-11(16)14(19)20/h1-5,10-11H,6-8H2,(H,19,20)/t10?,11-/m0/s1. The van der Waals surface area contributed by atoms with Gasteiger partial charge in [-0.15, -0.1) is 11.8 Å². The number of rotatable bonds is 5. The number of amides is 1. The predicted octanol–water partition coefficient (Wildman–Crippen LogP) is 2.01. The fourth-order valence-corrected chi connectivity index (χ4v) is 3.75. The number of carboxylic acids is 1. The van der Waals surface area contributed by atoms with Gasteiger partial charge in [-0.25, -0.2) is 4.79 Å². The lowest BCUT2D eigenvalue weighted by Crippen LogP contribution is -2.43. The number of carbonyl (C=O) groups excluding carboxylic acids is 2. The Morgan fingerprint density at radius 3 is 2.62 bits per heavy atom. The van der Waals surface area contributed by atoms with Crippen LogP contribution in [0.4, 0.5) is 0 Å². The second kappa shape index (κ2) is 7.09. The van der Waals surface area contributed by atoms with Gasteiger partial charge in [0.25, 0.3) is 0 Å². The quantitative estimate of drug-likeness (QED) is 0.632. The zero-order chi connectivity index (χ0) is 15.4. The van der Waals surface area contributed by atoms with Crippen molar-refractivity contribution in [1.29, 1.82) is 0 Å². The van der Waals surface area contributed by atoms with E-state index in [0.29, 0.717) is 17.2 Å². The van der Waals surface area contributed by atoms with Gasteiger partial charge in [0, 0.05) is 17.7 Å². The molecule has 21 heavy (non-hydrogen) atoms. The molecule has 1 aromatic rings. The first-order valence-corrected chi connectivity index (χ1v) is 8.41. The van der Waals surface area contributed by atoms with Gasteiger partial charge in [0.05, 0.1) is 10.7 Å². The minimum absolute atomic E-state index is 0.0436. The van der Waals surface area contributed by atoms with E-state index in [9.17, 15) is 14.4 Å². The Morgan fingerprint density at radius 2 is 2.00 bits per heavy atom. The molecule has 7 heteroatoms. The minimum Gasteiger partial charge on any atom is -0.480 e. The molecule has 1 saturated heterocycles. The van der Waals surface area contributed by atoms with Crippen molar-refractivity contribution in [3.63, 3.8) is 0 Å². The molecule has 2 atom stereocenters. The van der Waals surface area contributed by atoms with Gasteiger partial charge in [-0.3, -0.25) is 9.59 Å². The van der Waals surface area contributed by atoms with Crippen LogP contribution in [0.3, 0.4) is 0 Å². The number of carbonyl (C=O) groups is 3. The molecule has 0 saturated carbocycles. The molecule has 2 rings (SSSR count). The van der Waals surface area contributed by atoms with Crippen molar-refractivity contribution in [2.45, 2.75) is 17.3 Å². The van der Waals surface area contributed by atoms with E-state index < -0.39 is 16.8 Å². The first kappa shape index (κ1) is 16.0. The molecular weight excluding hydrogens is 358 g/mol. The number of thioether (sulfide) groups is 1. The molecule has 0 radical (unpaired) electrons. The van der Waals surface area contributed by atoms with Gasteiger partial charge in [0.15, 0.2) is 5.78 Å². The summed E-state index contributed by atoms with van der Waals surface area (Å²) < 4.78 is 0. The highest BCUT2D eigenvalue weighted by Crippen LogP contribution is 2.24. The van der Waals surface area contributed by atoms with Crippen molar-refractivity contribution in [2.24, 2.45) is 0 Å². The zero-order valence-corrected chi connectivity index (χ0v) is 13.5. The van der Waals surface area contributed by atoms with Gasteiger partial charge < -0.3 is 10.0 Å². The maximum atomic E-state index is 12.2. The molecule has 0 bridgehead atoms. The number of hydrogen-bond donors (Lipinski definition) is 1. The molecule has 1 unspecified atom stereocenters. The Labute approximate surface area is 134 Å². The second-order valence-electron chi connectivity index (χ2n) is 4.62. The van der Waals surface area contributed by atoms with Gasteiger partial charge >= 0.3 is 5.97 Å². The van der Waals surface area contributed by atoms with E-state index in [-0.39, 0.29) is 18.1 Å². The molecule has 1 fully saturated rings. The van der Waals surface area contributed by atoms with Crippen LogP contribution < -0.4 is 0 Å². The Balaban J connectivity index is 1.99. The topological polar surface area (TPSA) is 74.7 Å². The summed E-state index contributed by atoms with van der Waals surface area (Å²) in [6.45, 7) is 0. The van der Waals surface area contributed by atoms with Crippen LogP contribution >= 0.6 is 27.7 Å². The number of alkyl halides is 1. The third-order valence-electron chi connectivity index (χ3n) is 3.18. The average Bonchev–Trinajstić information content (AvgIpc) is 2.97. The summed E-state index contributed by atoms with van der Waals surface area (Å²) in [6.07, 6.45) is -0.0436. The van der Waals surface area contributed by atoms with Crippen LogP contribution in [0.2, 0.25) is 0 Å². The summed E-state index contributed by atoms with van der Waals surface area (Å²) in [4.78, 5) is 36.1. The summed E-state index contributed by atoms with van der Waals surface area (Å²) in [7, 11) is 0. The van der Waals surface area contributed by atoms with Crippen LogP contribution in [0, 0.1) is 0 Å². The Bertz CT molecular complexity index is 551. The highest BCUT2D eigenvalue weighted by atomic mass is 79.9. The monoisotopic (exact) mass is 371 g/mol. The molecule has 0 aromatic heterocycles. The number of aliphatic carboxylic acids is 1. The zero-order valence-electron chi connectivity index (χ0n) is 11.1. The molecule has 1 N–H and O–H groups in total. The molecule has 1 aromatic carbocycles. The smallest absolute Gasteiger partial charge is 0.327 e. The van der Waals surface area contributed by atoms with Crippen LogP contribution in [-0.2, 0) is 9.59 Å². The van der Waals surface area contributed by atoms with E-state index in [4.69, 9.17) is 5.11 Å². The Morgan fingerprint density at radius 1 is 1.33 bits per heavy atom. The summed E-state index contributed by atoms with van der Waals surface area (Å²) in [5.41, 5.74) is 0.526. The normalized spacial score (nSPS) is 19.3. The first-order chi connectivity index (χ1) is 10.0. The fraction of sp³-hybridized carbons (Fsp3) is 0.357. The fourth-order valence-electron chi connectivity index (χ4n) is 2.04. The third kappa shape index (κ3) is 3.85. The van der Waals surface area contributed by atoms with Gasteiger partial charge in [-0.2, -0.15) is 0 Å². The van der Waals surface area contributed by atoms with Crippen molar-refractivity contribution in [3.05, 3.63) is 35.9 Å². The number of Topliss-reactive ketones (excluding diaryl/α,β-unsaturated/α-hetero) is 1. The molecule has 112 valence electrons. The summed E-state index contributed by atoms with van der Waals surface area (Å²) >= 11 is 4.64. The molecule has 0 aliphatic carbocycles. The van der Waals surface area contributed by atoms with E-state index in [1.54, 1.807) is 24.3 Å². The van der Waals surface area contributed by atoms with Crippen LogP contribution in [0.5, 0.6) is 0 Å². The lowest BCUT2D eigenvalue weighted by molar-refractivity contribution is -0.147. The molecule has 5 nitrogen and oxygen atoms in total. The number of nitrogens with zero attached hydrogens (tertiary/aromatic N) is 1. The molecular formula is C14H14BrNO4S. The highest BCUT2D eigenvalue weighted by molar-refractivity contribution is 9.10. The second-order valence-corrected chi connectivity index (χ2v) is 6.72. The summed E-state index contributed by atoms with van der Waals surface area (Å²) in [6, 6.07) is 7.90. The largest absolute Gasteiger partial charge is 0.480 e. The molecule has 1 amide bonds. The van der Waals surface area contributed by atoms with E-state index in [0.717, 1.165) is 0 Å². The van der Waals surface area contributed by atoms with Gasteiger partial charge in [0.2, 0.25) is 5.91 Å². The number of hydrogen-bond acceptors (Lipinski definition) is 4. The van der Waals surface area contributed by atoms with Crippen LogP contribution in [0.15, 0.2) is 30.3 Å². The van der Waals surface area contributed by atoms with Crippen molar-refractivity contribution in [1.82, 2.24) is 4.90 Å². The number of ketones is 1. The Hall–Kier alpha value is -1.34.